The molecule has 17 heavy (non-hydrogen) atoms. The highest BCUT2D eigenvalue weighted by Crippen LogP contribution is 2.09. The van der Waals surface area contributed by atoms with Gasteiger partial charge in [0, 0.05) is 13.0 Å². The quantitative estimate of drug-likeness (QED) is 0.560. The van der Waals surface area contributed by atoms with Gasteiger partial charge in [-0.3, -0.25) is 5.10 Å². The van der Waals surface area contributed by atoms with E-state index in [1.807, 2.05) is 0 Å². The normalized spacial score (nSPS) is 11.3. The lowest BCUT2D eigenvalue weighted by molar-refractivity contribution is 0.496. The van der Waals surface area contributed by atoms with E-state index in [0.717, 1.165) is 23.6 Å². The minimum atomic E-state index is 0.609. The van der Waals surface area contributed by atoms with E-state index in [1.54, 1.807) is 0 Å². The van der Waals surface area contributed by atoms with E-state index < -0.39 is 0 Å². The Morgan fingerprint density at radius 3 is 2.59 bits per heavy atom. The second-order valence-corrected chi connectivity index (χ2v) is 5.50. The fourth-order valence-electron chi connectivity index (χ4n) is 1.98. The van der Waals surface area contributed by atoms with E-state index in [4.69, 9.17) is 12.2 Å². The van der Waals surface area contributed by atoms with Gasteiger partial charge in [0.25, 0.3) is 0 Å². The van der Waals surface area contributed by atoms with E-state index in [0.29, 0.717) is 5.92 Å². The van der Waals surface area contributed by atoms with Crippen LogP contribution in [0.1, 0.15) is 58.7 Å². The number of rotatable bonds is 8. The molecule has 0 amide bonds. The van der Waals surface area contributed by atoms with Gasteiger partial charge >= 0.3 is 0 Å². The Morgan fingerprint density at radius 1 is 1.24 bits per heavy atom. The Morgan fingerprint density at radius 2 is 1.94 bits per heavy atom. The summed E-state index contributed by atoms with van der Waals surface area (Å²) in [6, 6.07) is 0. The van der Waals surface area contributed by atoms with E-state index in [2.05, 4.69) is 35.5 Å². The lowest BCUT2D eigenvalue weighted by Gasteiger charge is -2.09. The van der Waals surface area contributed by atoms with E-state index >= 15 is 0 Å². The number of aromatic nitrogens is 3. The summed E-state index contributed by atoms with van der Waals surface area (Å²) in [5.74, 6) is 1.73. The molecule has 0 radical (unpaired) electrons. The topological polar surface area (TPSA) is 33.6 Å². The first kappa shape index (κ1) is 14.4. The average molecular weight is 255 g/mol. The van der Waals surface area contributed by atoms with Crippen LogP contribution in [0.15, 0.2) is 0 Å². The second-order valence-electron chi connectivity index (χ2n) is 5.11. The molecule has 1 rings (SSSR count). The molecule has 0 fully saturated rings. The molecule has 0 spiro atoms. The molecule has 0 aliphatic heterocycles. The molecule has 3 nitrogen and oxygen atoms in total. The summed E-state index contributed by atoms with van der Waals surface area (Å²) in [7, 11) is 0. The Labute approximate surface area is 110 Å². The van der Waals surface area contributed by atoms with Crippen LogP contribution >= 0.6 is 12.2 Å². The summed E-state index contributed by atoms with van der Waals surface area (Å²) in [6.07, 6.45) is 7.55. The largest absolute Gasteiger partial charge is 0.304 e. The molecule has 0 saturated heterocycles. The summed E-state index contributed by atoms with van der Waals surface area (Å²) >= 11 is 5.26. The summed E-state index contributed by atoms with van der Waals surface area (Å²) in [4.78, 5) is 0. The maximum atomic E-state index is 5.26. The van der Waals surface area contributed by atoms with Crippen molar-refractivity contribution in [2.45, 2.75) is 65.8 Å². The Kier molecular flexibility index (Phi) is 6.48. The highest BCUT2D eigenvalue weighted by Gasteiger charge is 2.07. The van der Waals surface area contributed by atoms with Crippen LogP contribution < -0.4 is 0 Å². The molecular weight excluding hydrogens is 230 g/mol. The highest BCUT2D eigenvalue weighted by molar-refractivity contribution is 7.71. The highest BCUT2D eigenvalue weighted by atomic mass is 32.1. The fraction of sp³-hybridized carbons (Fsp3) is 0.846. The van der Waals surface area contributed by atoms with E-state index in [1.165, 1.54) is 32.1 Å². The SMILES string of the molecule is CCCCCCCc1n[nH]c(=S)n1CC(C)C. The van der Waals surface area contributed by atoms with Gasteiger partial charge in [-0.15, -0.1) is 0 Å². The number of nitrogens with zero attached hydrogens (tertiary/aromatic N) is 2. The van der Waals surface area contributed by atoms with Crippen molar-refractivity contribution in [2.75, 3.05) is 0 Å². The van der Waals surface area contributed by atoms with Gasteiger partial charge in [0.05, 0.1) is 0 Å². The van der Waals surface area contributed by atoms with E-state index in [-0.39, 0.29) is 0 Å². The van der Waals surface area contributed by atoms with Crippen molar-refractivity contribution in [2.24, 2.45) is 5.92 Å². The molecule has 0 aromatic carbocycles. The van der Waals surface area contributed by atoms with Gasteiger partial charge in [-0.25, -0.2) is 0 Å². The fourth-order valence-corrected chi connectivity index (χ4v) is 2.21. The van der Waals surface area contributed by atoms with Crippen LogP contribution in [0.25, 0.3) is 0 Å². The molecule has 1 aromatic rings. The van der Waals surface area contributed by atoms with Crippen molar-refractivity contribution in [1.29, 1.82) is 0 Å². The molecular formula is C13H25N3S. The third kappa shape index (κ3) is 5.02. The van der Waals surface area contributed by atoms with Crippen LogP contribution in [0.4, 0.5) is 0 Å². The lowest BCUT2D eigenvalue weighted by Crippen LogP contribution is -2.09. The molecule has 1 heterocycles. The zero-order chi connectivity index (χ0) is 12.7. The zero-order valence-corrected chi connectivity index (χ0v) is 12.1. The third-order valence-electron chi connectivity index (χ3n) is 2.89. The van der Waals surface area contributed by atoms with Gasteiger partial charge in [-0.2, -0.15) is 5.10 Å². The molecule has 0 saturated carbocycles. The molecule has 1 N–H and O–H groups in total. The predicted molar refractivity (Wildman–Crippen MR) is 74.7 cm³/mol. The van der Waals surface area contributed by atoms with E-state index in [9.17, 15) is 0 Å². The minimum Gasteiger partial charge on any atom is -0.304 e. The van der Waals surface area contributed by atoms with Gasteiger partial charge in [0.1, 0.15) is 5.82 Å². The average Bonchev–Trinajstić information content (AvgIpc) is 2.60. The van der Waals surface area contributed by atoms with Gasteiger partial charge in [-0.1, -0.05) is 46.5 Å². The lowest BCUT2D eigenvalue weighted by atomic mass is 10.1. The van der Waals surface area contributed by atoms with Gasteiger partial charge < -0.3 is 4.57 Å². The second kappa shape index (κ2) is 7.64. The molecule has 98 valence electrons. The Hall–Kier alpha value is -0.640. The zero-order valence-electron chi connectivity index (χ0n) is 11.3. The number of aromatic amines is 1. The van der Waals surface area contributed by atoms with Crippen molar-refractivity contribution in [3.8, 4) is 0 Å². The number of unbranched alkanes of at least 4 members (excludes halogenated alkanes) is 4. The van der Waals surface area contributed by atoms with Crippen LogP contribution in [-0.4, -0.2) is 14.8 Å². The summed E-state index contributed by atoms with van der Waals surface area (Å²) in [5, 5.41) is 7.24. The molecule has 1 aromatic heterocycles. The summed E-state index contributed by atoms with van der Waals surface area (Å²) in [5.41, 5.74) is 0. The van der Waals surface area contributed by atoms with Crippen molar-refractivity contribution in [1.82, 2.24) is 14.8 Å². The van der Waals surface area contributed by atoms with Crippen molar-refractivity contribution in [3.63, 3.8) is 0 Å². The number of hydrogen-bond acceptors (Lipinski definition) is 2. The first-order chi connectivity index (χ1) is 8.15. The predicted octanol–water partition coefficient (Wildman–Crippen LogP) is 4.11. The van der Waals surface area contributed by atoms with Crippen LogP contribution in [0.2, 0.25) is 0 Å². The standard InChI is InChI=1S/C13H25N3S/c1-4-5-6-7-8-9-12-14-15-13(17)16(12)10-11(2)3/h11H,4-10H2,1-3H3,(H,15,17). The summed E-state index contributed by atoms with van der Waals surface area (Å²) < 4.78 is 2.92. The van der Waals surface area contributed by atoms with Crippen molar-refractivity contribution in [3.05, 3.63) is 10.6 Å². The molecule has 4 heteroatoms. The van der Waals surface area contributed by atoms with Crippen LogP contribution in [-0.2, 0) is 13.0 Å². The van der Waals surface area contributed by atoms with Crippen LogP contribution in [0.5, 0.6) is 0 Å². The van der Waals surface area contributed by atoms with Crippen LogP contribution in [0, 0.1) is 10.7 Å². The molecule has 0 unspecified atom stereocenters. The molecule has 0 aliphatic rings. The molecule has 0 bridgehead atoms. The summed E-state index contributed by atoms with van der Waals surface area (Å²) in [6.45, 7) is 7.63. The van der Waals surface area contributed by atoms with Gasteiger partial charge in [0.15, 0.2) is 4.77 Å². The molecule has 0 atom stereocenters. The minimum absolute atomic E-state index is 0.609. The first-order valence-electron chi connectivity index (χ1n) is 6.79. The number of nitrogens with one attached hydrogen (secondary N) is 1. The maximum absolute atomic E-state index is 5.26. The first-order valence-corrected chi connectivity index (χ1v) is 7.20. The maximum Gasteiger partial charge on any atom is 0.195 e. The number of H-pyrrole nitrogens is 1. The Balaban J connectivity index is 2.44. The van der Waals surface area contributed by atoms with Gasteiger partial charge in [0.2, 0.25) is 0 Å². The number of aryl methyl sites for hydroxylation is 1. The van der Waals surface area contributed by atoms with Crippen molar-refractivity contribution < 1.29 is 0 Å². The smallest absolute Gasteiger partial charge is 0.195 e. The Bertz CT molecular complexity index is 365. The monoisotopic (exact) mass is 255 g/mol. The third-order valence-corrected chi connectivity index (χ3v) is 3.20. The van der Waals surface area contributed by atoms with Gasteiger partial charge in [-0.05, 0) is 24.6 Å². The number of hydrogen-bond donors (Lipinski definition) is 1. The van der Waals surface area contributed by atoms with Crippen molar-refractivity contribution >= 4 is 12.2 Å². The molecule has 0 aliphatic carbocycles. The van der Waals surface area contributed by atoms with Crippen LogP contribution in [0.3, 0.4) is 0 Å².